The van der Waals surface area contributed by atoms with Gasteiger partial charge in [-0.15, -0.1) is 0 Å². The maximum Gasteiger partial charge on any atom is 0.180 e. The molecule has 0 bridgehead atoms. The third-order valence-electron chi connectivity index (χ3n) is 4.95. The Hall–Kier alpha value is -2.05. The van der Waals surface area contributed by atoms with Gasteiger partial charge in [-0.05, 0) is 43.9 Å². The molecule has 0 spiro atoms. The number of hydrogen-bond acceptors (Lipinski definition) is 6. The van der Waals surface area contributed by atoms with Gasteiger partial charge in [0.1, 0.15) is 11.5 Å². The molecule has 6 heteroatoms. The molecule has 132 valence electrons. The molecule has 0 saturated carbocycles. The van der Waals surface area contributed by atoms with Crippen molar-refractivity contribution in [2.24, 2.45) is 5.92 Å². The van der Waals surface area contributed by atoms with Gasteiger partial charge in [-0.1, -0.05) is 6.07 Å². The summed E-state index contributed by atoms with van der Waals surface area (Å²) in [6, 6.07) is 5.86. The van der Waals surface area contributed by atoms with Gasteiger partial charge in [-0.25, -0.2) is 9.97 Å². The first-order valence-electron chi connectivity index (χ1n) is 9.23. The maximum absolute atomic E-state index is 5.47. The molecule has 0 aromatic carbocycles. The fraction of sp³-hybridized carbons (Fsp3) is 0.526. The zero-order chi connectivity index (χ0) is 16.9. The number of aromatic nitrogens is 3. The van der Waals surface area contributed by atoms with Crippen molar-refractivity contribution in [2.75, 3.05) is 38.2 Å². The molecule has 0 amide bonds. The van der Waals surface area contributed by atoms with Crippen LogP contribution < -0.4 is 10.6 Å². The van der Waals surface area contributed by atoms with Crippen LogP contribution in [0.2, 0.25) is 0 Å². The zero-order valence-corrected chi connectivity index (χ0v) is 14.5. The molecule has 1 unspecified atom stereocenters. The van der Waals surface area contributed by atoms with Gasteiger partial charge in [0.05, 0.1) is 5.69 Å². The molecule has 4 rings (SSSR count). The molecule has 1 fully saturated rings. The molecule has 25 heavy (non-hydrogen) atoms. The summed E-state index contributed by atoms with van der Waals surface area (Å²) in [5, 5.41) is 7.03. The van der Waals surface area contributed by atoms with Crippen LogP contribution in [0.1, 0.15) is 24.1 Å². The molecule has 6 nitrogen and oxygen atoms in total. The van der Waals surface area contributed by atoms with Crippen LogP contribution in [0.15, 0.2) is 24.4 Å². The minimum absolute atomic E-state index is 0.671. The second-order valence-corrected chi connectivity index (χ2v) is 6.73. The van der Waals surface area contributed by atoms with Crippen molar-refractivity contribution in [1.82, 2.24) is 20.3 Å². The number of nitrogens with one attached hydrogen (secondary N) is 2. The van der Waals surface area contributed by atoms with E-state index >= 15 is 0 Å². The van der Waals surface area contributed by atoms with Crippen molar-refractivity contribution in [1.29, 1.82) is 0 Å². The lowest BCUT2D eigenvalue weighted by Crippen LogP contribution is -2.16. The van der Waals surface area contributed by atoms with E-state index in [0.717, 1.165) is 69.3 Å². The third kappa shape index (κ3) is 3.96. The van der Waals surface area contributed by atoms with E-state index in [0.29, 0.717) is 11.7 Å². The van der Waals surface area contributed by atoms with Gasteiger partial charge in [0.15, 0.2) is 5.82 Å². The number of ether oxygens (including phenoxy) is 1. The van der Waals surface area contributed by atoms with Crippen LogP contribution >= 0.6 is 0 Å². The lowest BCUT2D eigenvalue weighted by Gasteiger charge is -2.15. The summed E-state index contributed by atoms with van der Waals surface area (Å²) in [4.78, 5) is 14.1. The Balaban J connectivity index is 1.58. The van der Waals surface area contributed by atoms with E-state index in [9.17, 15) is 0 Å². The van der Waals surface area contributed by atoms with Crippen LogP contribution in [0.5, 0.6) is 0 Å². The third-order valence-corrected chi connectivity index (χ3v) is 4.95. The Morgan fingerprint density at radius 2 is 2.16 bits per heavy atom. The van der Waals surface area contributed by atoms with Gasteiger partial charge in [0, 0.05) is 44.5 Å². The van der Waals surface area contributed by atoms with Crippen molar-refractivity contribution in [3.8, 4) is 11.5 Å². The minimum Gasteiger partial charge on any atom is -0.381 e. The van der Waals surface area contributed by atoms with E-state index in [-0.39, 0.29) is 0 Å². The van der Waals surface area contributed by atoms with Gasteiger partial charge >= 0.3 is 0 Å². The van der Waals surface area contributed by atoms with Crippen LogP contribution in [0, 0.1) is 5.92 Å². The van der Waals surface area contributed by atoms with Crippen molar-refractivity contribution in [3.05, 3.63) is 35.7 Å². The number of anilines is 1. The standard InChI is InChI=1S/C19H25N5O/c1-2-8-21-17(3-1)19-23-16-6-10-20-9-5-15(16)18(24-19)22-11-4-14-7-12-25-13-14/h1-3,8,14,20H,4-7,9-13H2,(H,22,23,24). The van der Waals surface area contributed by atoms with Crippen LogP contribution in [0.25, 0.3) is 11.5 Å². The predicted molar refractivity (Wildman–Crippen MR) is 97.6 cm³/mol. The Labute approximate surface area is 148 Å². The Morgan fingerprint density at radius 1 is 1.20 bits per heavy atom. The van der Waals surface area contributed by atoms with Crippen LogP contribution in [0.4, 0.5) is 5.82 Å². The van der Waals surface area contributed by atoms with E-state index in [4.69, 9.17) is 14.7 Å². The summed E-state index contributed by atoms with van der Waals surface area (Å²) in [6.07, 6.45) is 5.98. The molecule has 2 aliphatic rings. The number of nitrogens with zero attached hydrogens (tertiary/aromatic N) is 3. The molecule has 2 N–H and O–H groups in total. The van der Waals surface area contributed by atoms with E-state index in [2.05, 4.69) is 15.6 Å². The Bertz CT molecular complexity index is 700. The molecule has 1 saturated heterocycles. The van der Waals surface area contributed by atoms with E-state index in [1.807, 2.05) is 18.2 Å². The molecular formula is C19H25N5O. The lowest BCUT2D eigenvalue weighted by atomic mass is 10.1. The molecule has 0 radical (unpaired) electrons. The molecular weight excluding hydrogens is 314 g/mol. The van der Waals surface area contributed by atoms with Crippen molar-refractivity contribution in [2.45, 2.75) is 25.7 Å². The van der Waals surface area contributed by atoms with Crippen molar-refractivity contribution in [3.63, 3.8) is 0 Å². The smallest absolute Gasteiger partial charge is 0.180 e. The van der Waals surface area contributed by atoms with Gasteiger partial charge in [-0.3, -0.25) is 4.98 Å². The first-order chi connectivity index (χ1) is 12.4. The van der Waals surface area contributed by atoms with Crippen molar-refractivity contribution < 1.29 is 4.74 Å². The zero-order valence-electron chi connectivity index (χ0n) is 14.5. The summed E-state index contributed by atoms with van der Waals surface area (Å²) in [5.74, 6) is 2.37. The summed E-state index contributed by atoms with van der Waals surface area (Å²) in [7, 11) is 0. The molecule has 1 atom stereocenters. The summed E-state index contributed by atoms with van der Waals surface area (Å²) in [6.45, 7) is 4.66. The molecule has 4 heterocycles. The second-order valence-electron chi connectivity index (χ2n) is 6.73. The monoisotopic (exact) mass is 339 g/mol. The van der Waals surface area contributed by atoms with Gasteiger partial charge in [0.2, 0.25) is 0 Å². The van der Waals surface area contributed by atoms with Gasteiger partial charge < -0.3 is 15.4 Å². The normalized spacial score (nSPS) is 20.1. The highest BCUT2D eigenvalue weighted by molar-refractivity contribution is 5.57. The average Bonchev–Trinajstić information content (AvgIpc) is 3.05. The number of hydrogen-bond donors (Lipinski definition) is 2. The Kier molecular flexibility index (Phi) is 5.18. The molecule has 2 aliphatic heterocycles. The number of rotatable bonds is 5. The molecule has 2 aromatic heterocycles. The second kappa shape index (κ2) is 7.89. The van der Waals surface area contributed by atoms with Gasteiger partial charge in [0.25, 0.3) is 0 Å². The predicted octanol–water partition coefficient (Wildman–Crippen LogP) is 2.07. The topological polar surface area (TPSA) is 72.0 Å². The maximum atomic E-state index is 5.47. The first kappa shape index (κ1) is 16.4. The molecule has 2 aromatic rings. The fourth-order valence-electron chi connectivity index (χ4n) is 3.51. The highest BCUT2D eigenvalue weighted by Gasteiger charge is 2.19. The summed E-state index contributed by atoms with van der Waals surface area (Å²) < 4.78 is 5.47. The van der Waals surface area contributed by atoms with E-state index in [1.165, 1.54) is 12.0 Å². The quantitative estimate of drug-likeness (QED) is 0.869. The van der Waals surface area contributed by atoms with Gasteiger partial charge in [-0.2, -0.15) is 0 Å². The number of fused-ring (bicyclic) bond motifs is 1. The van der Waals surface area contributed by atoms with Crippen LogP contribution in [-0.4, -0.2) is 47.8 Å². The van der Waals surface area contributed by atoms with Crippen LogP contribution in [-0.2, 0) is 17.6 Å². The summed E-state index contributed by atoms with van der Waals surface area (Å²) in [5.41, 5.74) is 3.23. The number of pyridine rings is 1. The van der Waals surface area contributed by atoms with E-state index < -0.39 is 0 Å². The van der Waals surface area contributed by atoms with Crippen molar-refractivity contribution >= 4 is 5.82 Å². The molecule has 0 aliphatic carbocycles. The Morgan fingerprint density at radius 3 is 3.00 bits per heavy atom. The van der Waals surface area contributed by atoms with Crippen LogP contribution in [0.3, 0.4) is 0 Å². The lowest BCUT2D eigenvalue weighted by molar-refractivity contribution is 0.185. The largest absolute Gasteiger partial charge is 0.381 e. The minimum atomic E-state index is 0.671. The highest BCUT2D eigenvalue weighted by Crippen LogP contribution is 2.24. The summed E-state index contributed by atoms with van der Waals surface area (Å²) >= 11 is 0. The highest BCUT2D eigenvalue weighted by atomic mass is 16.5. The average molecular weight is 339 g/mol. The fourth-order valence-corrected chi connectivity index (χ4v) is 3.51. The SMILES string of the molecule is c1ccc(-c2nc3c(c(NCCC4CCOC4)n2)CCNCC3)nc1. The van der Waals surface area contributed by atoms with E-state index in [1.54, 1.807) is 6.20 Å². The first-order valence-corrected chi connectivity index (χ1v) is 9.23.